The van der Waals surface area contributed by atoms with Gasteiger partial charge in [-0.25, -0.2) is 0 Å². The molecule has 2 aromatic rings. The van der Waals surface area contributed by atoms with Gasteiger partial charge in [0, 0.05) is 5.41 Å². The first-order valence-corrected chi connectivity index (χ1v) is 12.9. The highest BCUT2D eigenvalue weighted by Gasteiger charge is 2.42. The van der Waals surface area contributed by atoms with Gasteiger partial charge in [-0.1, -0.05) is 94.2 Å². The SMILES string of the molecule is CC(C)c1cc(O)c(C(C)(C)C)cc1C1(c2cc(C(C)(C)C)c(O)cc2C(C)C)CCCC1. The second-order valence-electron chi connectivity index (χ2n) is 13.0. The van der Waals surface area contributed by atoms with Gasteiger partial charge in [-0.05, 0) is 81.0 Å². The molecule has 0 heterocycles. The molecule has 2 aromatic carbocycles. The number of phenols is 2. The number of phenolic OH excluding ortho intramolecular Hbond substituents is 2. The Morgan fingerprint density at radius 3 is 1.24 bits per heavy atom. The van der Waals surface area contributed by atoms with Crippen LogP contribution in [0.15, 0.2) is 24.3 Å². The van der Waals surface area contributed by atoms with Crippen LogP contribution in [-0.2, 0) is 16.2 Å². The second kappa shape index (κ2) is 8.67. The van der Waals surface area contributed by atoms with E-state index in [0.29, 0.717) is 23.3 Å². The minimum Gasteiger partial charge on any atom is -0.508 e. The smallest absolute Gasteiger partial charge is 0.119 e. The molecule has 3 rings (SSSR count). The zero-order valence-electron chi connectivity index (χ0n) is 22.7. The van der Waals surface area contributed by atoms with E-state index in [9.17, 15) is 10.2 Å². The topological polar surface area (TPSA) is 40.5 Å². The van der Waals surface area contributed by atoms with Gasteiger partial charge in [0.1, 0.15) is 11.5 Å². The molecule has 2 N–H and O–H groups in total. The largest absolute Gasteiger partial charge is 0.508 e. The third kappa shape index (κ3) is 4.68. The zero-order valence-corrected chi connectivity index (χ0v) is 22.7. The van der Waals surface area contributed by atoms with Gasteiger partial charge in [0.25, 0.3) is 0 Å². The Labute approximate surface area is 202 Å². The number of aromatic hydroxyl groups is 2. The third-order valence-corrected chi connectivity index (χ3v) is 7.68. The zero-order chi connectivity index (χ0) is 24.9. The van der Waals surface area contributed by atoms with Crippen LogP contribution in [0.1, 0.15) is 140 Å². The van der Waals surface area contributed by atoms with Gasteiger partial charge in [0.15, 0.2) is 0 Å². The Bertz CT molecular complexity index is 929. The Morgan fingerprint density at radius 2 is 0.970 bits per heavy atom. The standard InChI is InChI=1S/C31H46O2/c1-19(2)21-15-27(32)25(29(5,6)7)17-23(21)31(13-11-12-14-31)24-18-26(30(8,9)10)28(33)16-22(24)20(3)4/h15-20,32-33H,11-14H2,1-10H3. The summed E-state index contributed by atoms with van der Waals surface area (Å²) in [4.78, 5) is 0. The summed E-state index contributed by atoms with van der Waals surface area (Å²) in [6, 6.07) is 8.73. The number of rotatable bonds is 4. The lowest BCUT2D eigenvalue weighted by Crippen LogP contribution is -2.29. The molecule has 0 radical (unpaired) electrons. The molecule has 1 aliphatic carbocycles. The summed E-state index contributed by atoms with van der Waals surface area (Å²) in [5, 5.41) is 22.0. The van der Waals surface area contributed by atoms with Crippen molar-refractivity contribution >= 4 is 0 Å². The summed E-state index contributed by atoms with van der Waals surface area (Å²) in [5.74, 6) is 1.46. The van der Waals surface area contributed by atoms with E-state index in [2.05, 4.69) is 81.4 Å². The molecule has 2 nitrogen and oxygen atoms in total. The average molecular weight is 451 g/mol. The van der Waals surface area contributed by atoms with Gasteiger partial charge in [0.05, 0.1) is 0 Å². The summed E-state index contributed by atoms with van der Waals surface area (Å²) in [5.41, 5.74) is 6.94. The molecule has 0 aromatic heterocycles. The lowest BCUT2D eigenvalue weighted by atomic mass is 9.65. The van der Waals surface area contributed by atoms with Crippen LogP contribution >= 0.6 is 0 Å². The highest BCUT2D eigenvalue weighted by atomic mass is 16.3. The molecule has 182 valence electrons. The van der Waals surface area contributed by atoms with Gasteiger partial charge in [-0.15, -0.1) is 0 Å². The van der Waals surface area contributed by atoms with Crippen LogP contribution in [0.2, 0.25) is 0 Å². The molecule has 0 atom stereocenters. The van der Waals surface area contributed by atoms with Crippen LogP contribution in [0.25, 0.3) is 0 Å². The van der Waals surface area contributed by atoms with E-state index in [1.165, 1.54) is 35.1 Å². The predicted molar refractivity (Wildman–Crippen MR) is 141 cm³/mol. The van der Waals surface area contributed by atoms with Crippen molar-refractivity contribution in [3.8, 4) is 11.5 Å². The van der Waals surface area contributed by atoms with Gasteiger partial charge < -0.3 is 10.2 Å². The van der Waals surface area contributed by atoms with Crippen molar-refractivity contribution in [3.05, 3.63) is 57.6 Å². The fourth-order valence-electron chi connectivity index (χ4n) is 5.86. The molecular weight excluding hydrogens is 404 g/mol. The number of hydrogen-bond acceptors (Lipinski definition) is 2. The lowest BCUT2D eigenvalue weighted by Gasteiger charge is -2.38. The first-order chi connectivity index (χ1) is 15.1. The Hall–Kier alpha value is -1.96. The number of hydrogen-bond donors (Lipinski definition) is 2. The molecule has 0 aliphatic heterocycles. The normalized spacial score (nSPS) is 16.7. The van der Waals surface area contributed by atoms with Gasteiger partial charge in [-0.2, -0.15) is 0 Å². The molecule has 33 heavy (non-hydrogen) atoms. The molecule has 0 saturated heterocycles. The minimum absolute atomic E-state index is 0.0966. The van der Waals surface area contributed by atoms with Crippen LogP contribution in [0, 0.1) is 0 Å². The molecule has 0 bridgehead atoms. The van der Waals surface area contributed by atoms with Gasteiger partial charge >= 0.3 is 0 Å². The maximum atomic E-state index is 11.0. The molecular formula is C31H46O2. The van der Waals surface area contributed by atoms with Crippen LogP contribution in [-0.4, -0.2) is 10.2 Å². The van der Waals surface area contributed by atoms with Crippen molar-refractivity contribution in [2.45, 2.75) is 123 Å². The highest BCUT2D eigenvalue weighted by Crippen LogP contribution is 2.53. The van der Waals surface area contributed by atoms with E-state index in [1.807, 2.05) is 12.1 Å². The first kappa shape index (κ1) is 25.7. The van der Waals surface area contributed by atoms with E-state index >= 15 is 0 Å². The molecule has 0 spiro atoms. The third-order valence-electron chi connectivity index (χ3n) is 7.68. The molecule has 1 fully saturated rings. The quantitative estimate of drug-likeness (QED) is 0.488. The summed E-state index contributed by atoms with van der Waals surface area (Å²) in [7, 11) is 0. The van der Waals surface area contributed by atoms with Crippen molar-refractivity contribution in [1.82, 2.24) is 0 Å². The van der Waals surface area contributed by atoms with E-state index < -0.39 is 0 Å². The molecule has 2 heteroatoms. The van der Waals surface area contributed by atoms with Crippen molar-refractivity contribution < 1.29 is 10.2 Å². The molecule has 0 unspecified atom stereocenters. The second-order valence-corrected chi connectivity index (χ2v) is 13.0. The molecule has 0 amide bonds. The fourth-order valence-corrected chi connectivity index (χ4v) is 5.86. The van der Waals surface area contributed by atoms with Gasteiger partial charge in [0.2, 0.25) is 0 Å². The summed E-state index contributed by atoms with van der Waals surface area (Å²) in [6.45, 7) is 22.0. The van der Waals surface area contributed by atoms with Crippen LogP contribution < -0.4 is 0 Å². The van der Waals surface area contributed by atoms with Crippen molar-refractivity contribution in [3.63, 3.8) is 0 Å². The van der Waals surface area contributed by atoms with E-state index in [1.54, 1.807) is 0 Å². The predicted octanol–water partition coefficient (Wildman–Crippen LogP) is 8.80. The van der Waals surface area contributed by atoms with E-state index in [0.717, 1.165) is 24.0 Å². The summed E-state index contributed by atoms with van der Waals surface area (Å²) in [6.07, 6.45) is 4.61. The van der Waals surface area contributed by atoms with Crippen molar-refractivity contribution in [2.24, 2.45) is 0 Å². The van der Waals surface area contributed by atoms with E-state index in [4.69, 9.17) is 0 Å². The molecule has 1 saturated carbocycles. The highest BCUT2D eigenvalue weighted by molar-refractivity contribution is 5.57. The summed E-state index contributed by atoms with van der Waals surface area (Å²) < 4.78 is 0. The summed E-state index contributed by atoms with van der Waals surface area (Å²) >= 11 is 0. The van der Waals surface area contributed by atoms with Crippen LogP contribution in [0.5, 0.6) is 11.5 Å². The minimum atomic E-state index is -0.138. The van der Waals surface area contributed by atoms with Crippen LogP contribution in [0.4, 0.5) is 0 Å². The van der Waals surface area contributed by atoms with E-state index in [-0.39, 0.29) is 16.2 Å². The van der Waals surface area contributed by atoms with Crippen LogP contribution in [0.3, 0.4) is 0 Å². The maximum absolute atomic E-state index is 11.0. The Morgan fingerprint density at radius 1 is 0.636 bits per heavy atom. The van der Waals surface area contributed by atoms with Crippen molar-refractivity contribution in [2.75, 3.05) is 0 Å². The Kier molecular flexibility index (Phi) is 6.75. The lowest BCUT2D eigenvalue weighted by molar-refractivity contribution is 0.437. The first-order valence-electron chi connectivity index (χ1n) is 12.9. The van der Waals surface area contributed by atoms with Gasteiger partial charge in [-0.3, -0.25) is 0 Å². The Balaban J connectivity index is 2.45. The fraction of sp³-hybridized carbons (Fsp3) is 0.613. The van der Waals surface area contributed by atoms with Crippen molar-refractivity contribution in [1.29, 1.82) is 0 Å². The average Bonchev–Trinajstić information content (AvgIpc) is 3.16. The molecule has 1 aliphatic rings. The monoisotopic (exact) mass is 450 g/mol. The maximum Gasteiger partial charge on any atom is 0.119 e. The number of benzene rings is 2.